The number of nitrogens with zero attached hydrogens (tertiary/aromatic N) is 1. The van der Waals surface area contributed by atoms with Crippen molar-refractivity contribution in [3.8, 4) is 0 Å². The molecule has 5 aliphatic carbocycles. The van der Waals surface area contributed by atoms with Crippen LogP contribution in [0.4, 0.5) is 0 Å². The van der Waals surface area contributed by atoms with E-state index in [0.717, 1.165) is 6.42 Å². The van der Waals surface area contributed by atoms with Crippen LogP contribution >= 0.6 is 0 Å². The van der Waals surface area contributed by atoms with E-state index in [1.807, 2.05) is 0 Å². The highest BCUT2D eigenvalue weighted by Gasteiger charge is 2.91. The molecule has 1 saturated heterocycles. The number of ether oxygens (including phenoxy) is 4. The number of hydrogen-bond donors (Lipinski definition) is 3. The van der Waals surface area contributed by atoms with Crippen molar-refractivity contribution in [3.63, 3.8) is 0 Å². The molecule has 0 unspecified atom stereocenters. The highest BCUT2D eigenvalue weighted by Crippen LogP contribution is 2.80. The Hall–Kier alpha value is -0.810. The molecule has 3 N–H and O–H groups in total. The molecule has 1 spiro atoms. The lowest BCUT2D eigenvalue weighted by Gasteiger charge is -2.70. The zero-order chi connectivity index (χ0) is 25.1. The Morgan fingerprint density at radius 2 is 1.94 bits per heavy atom. The molecule has 7 bridgehead atoms. The molecule has 0 amide bonds. The van der Waals surface area contributed by atoms with Gasteiger partial charge in [-0.1, -0.05) is 6.92 Å². The predicted octanol–water partition coefficient (Wildman–Crippen LogP) is 0.188. The first kappa shape index (κ1) is 24.5. The van der Waals surface area contributed by atoms with Gasteiger partial charge in [0.2, 0.25) is 0 Å². The number of likely N-dealkylation sites (tertiary alicyclic amines) is 1. The summed E-state index contributed by atoms with van der Waals surface area (Å²) in [4.78, 5) is 14.6. The van der Waals surface area contributed by atoms with Crippen molar-refractivity contribution in [3.05, 3.63) is 0 Å². The lowest BCUT2D eigenvalue weighted by Crippen LogP contribution is -2.82. The third-order valence-electron chi connectivity index (χ3n) is 11.6. The number of aliphatic hydroxyl groups is 3. The molecular weight excluding hydrogens is 454 g/mol. The maximum absolute atomic E-state index is 13.0. The van der Waals surface area contributed by atoms with Crippen LogP contribution in [0.3, 0.4) is 0 Å². The van der Waals surface area contributed by atoms with Crippen LogP contribution in [0.2, 0.25) is 0 Å². The van der Waals surface area contributed by atoms with E-state index >= 15 is 0 Å². The molecule has 0 aromatic carbocycles. The van der Waals surface area contributed by atoms with Crippen LogP contribution in [0.25, 0.3) is 0 Å². The van der Waals surface area contributed by atoms with Crippen LogP contribution < -0.4 is 0 Å². The van der Waals surface area contributed by atoms with E-state index in [2.05, 4.69) is 11.8 Å². The molecule has 6 fully saturated rings. The van der Waals surface area contributed by atoms with Crippen molar-refractivity contribution >= 4 is 5.97 Å². The average molecular weight is 496 g/mol. The standard InChI is InChI=1S/C26H41NO8/c1-6-27-11-23(12-32-3)8-7-17(29)25-15-9-14-16(33-4)10-24(34-5,18(15)19(14)35-13(2)28)26(31,22(25)27)21(30)20(23)25/h14-22,29-31H,6-12H2,1-5H3/t14-,15-,16+,17+,18-,19+,20-,21+,22+,23+,24-,25+,26+/m1/s1. The molecular formula is C26H41NO8. The molecule has 9 heteroatoms. The van der Waals surface area contributed by atoms with Gasteiger partial charge in [0.25, 0.3) is 0 Å². The molecule has 5 saturated carbocycles. The number of likely N-dealkylation sites (N-methyl/N-ethyl adjacent to an activating group) is 1. The number of hydrogen-bond acceptors (Lipinski definition) is 9. The van der Waals surface area contributed by atoms with E-state index in [1.165, 1.54) is 6.92 Å². The zero-order valence-electron chi connectivity index (χ0n) is 21.5. The van der Waals surface area contributed by atoms with Gasteiger partial charge in [0.15, 0.2) is 0 Å². The van der Waals surface area contributed by atoms with Crippen LogP contribution in [0.1, 0.15) is 39.5 Å². The molecule has 6 aliphatic rings. The molecule has 1 aliphatic heterocycles. The minimum Gasteiger partial charge on any atom is -0.462 e. The number of esters is 1. The maximum Gasteiger partial charge on any atom is 0.302 e. The third-order valence-corrected chi connectivity index (χ3v) is 11.6. The summed E-state index contributed by atoms with van der Waals surface area (Å²) >= 11 is 0. The van der Waals surface area contributed by atoms with Crippen molar-refractivity contribution in [1.82, 2.24) is 4.90 Å². The van der Waals surface area contributed by atoms with Gasteiger partial charge in [-0.15, -0.1) is 0 Å². The fraction of sp³-hybridized carbons (Fsp3) is 0.962. The second-order valence-corrected chi connectivity index (χ2v) is 12.2. The minimum atomic E-state index is -1.67. The van der Waals surface area contributed by atoms with Crippen LogP contribution in [-0.2, 0) is 23.7 Å². The highest BCUT2D eigenvalue weighted by atomic mass is 16.6. The lowest BCUT2D eigenvalue weighted by atomic mass is 9.42. The van der Waals surface area contributed by atoms with Gasteiger partial charge in [-0.3, -0.25) is 9.69 Å². The molecule has 35 heavy (non-hydrogen) atoms. The number of aliphatic hydroxyl groups excluding tert-OH is 2. The summed E-state index contributed by atoms with van der Waals surface area (Å²) in [6.45, 7) is 5.31. The van der Waals surface area contributed by atoms with E-state index in [-0.39, 0.29) is 35.7 Å². The molecule has 198 valence electrons. The maximum atomic E-state index is 13.0. The summed E-state index contributed by atoms with van der Waals surface area (Å²) in [5.74, 6) is -1.24. The Balaban J connectivity index is 1.65. The normalized spacial score (nSPS) is 57.9. The van der Waals surface area contributed by atoms with E-state index in [0.29, 0.717) is 39.0 Å². The van der Waals surface area contributed by atoms with Gasteiger partial charge in [-0.25, -0.2) is 0 Å². The second-order valence-electron chi connectivity index (χ2n) is 12.2. The Bertz CT molecular complexity index is 903. The highest BCUT2D eigenvalue weighted by molar-refractivity contribution is 5.66. The van der Waals surface area contributed by atoms with Gasteiger partial charge >= 0.3 is 5.97 Å². The second kappa shape index (κ2) is 7.62. The Morgan fingerprint density at radius 3 is 2.54 bits per heavy atom. The van der Waals surface area contributed by atoms with Crippen LogP contribution in [-0.4, -0.2) is 109 Å². The number of carbonyl (C=O) groups is 1. The SMILES string of the molecule is CCN1C[C@]2(COC)CC[C@H](O)[C@@]34[C@@H]5C[C@H]6[C@H](OC(C)=O)[C@@H]5[C@](OC)(C[C@@H]6OC)[C@](O)([C@@H](O)[C@H]23)[C@@H]14. The van der Waals surface area contributed by atoms with Crippen molar-refractivity contribution < 1.29 is 39.1 Å². The van der Waals surface area contributed by atoms with E-state index in [1.54, 1.807) is 21.3 Å². The van der Waals surface area contributed by atoms with Gasteiger partial charge in [-0.05, 0) is 31.7 Å². The van der Waals surface area contributed by atoms with Gasteiger partial charge in [0.05, 0.1) is 31.0 Å². The van der Waals surface area contributed by atoms with E-state index in [9.17, 15) is 20.1 Å². The summed E-state index contributed by atoms with van der Waals surface area (Å²) in [6, 6.07) is -0.478. The monoisotopic (exact) mass is 495 g/mol. The van der Waals surface area contributed by atoms with Gasteiger partial charge in [-0.2, -0.15) is 0 Å². The Kier molecular flexibility index (Phi) is 5.34. The van der Waals surface area contributed by atoms with Crippen LogP contribution in [0, 0.1) is 34.5 Å². The number of fused-ring (bicyclic) bond motifs is 2. The molecule has 6 rings (SSSR count). The quantitative estimate of drug-likeness (QED) is 0.444. The zero-order valence-corrected chi connectivity index (χ0v) is 21.5. The molecule has 0 aromatic rings. The molecule has 1 heterocycles. The molecule has 0 aromatic heterocycles. The number of carbonyl (C=O) groups excluding carboxylic acids is 1. The summed E-state index contributed by atoms with van der Waals surface area (Å²) in [5.41, 5.74) is -4.02. The summed E-state index contributed by atoms with van der Waals surface area (Å²) in [7, 11) is 4.93. The molecule has 9 nitrogen and oxygen atoms in total. The van der Waals surface area contributed by atoms with E-state index < -0.39 is 46.4 Å². The Labute approximate surface area is 207 Å². The molecule has 0 radical (unpaired) electrons. The van der Waals surface area contributed by atoms with Crippen molar-refractivity contribution in [1.29, 1.82) is 0 Å². The average Bonchev–Trinajstić information content (AvgIpc) is 3.19. The largest absolute Gasteiger partial charge is 0.462 e. The summed E-state index contributed by atoms with van der Waals surface area (Å²) < 4.78 is 24.1. The number of rotatable bonds is 6. The molecule has 13 atom stereocenters. The predicted molar refractivity (Wildman–Crippen MR) is 123 cm³/mol. The van der Waals surface area contributed by atoms with E-state index in [4.69, 9.17) is 18.9 Å². The minimum absolute atomic E-state index is 0.0570. The first-order valence-electron chi connectivity index (χ1n) is 13.2. The van der Waals surface area contributed by atoms with Crippen LogP contribution in [0.15, 0.2) is 0 Å². The topological polar surface area (TPSA) is 118 Å². The number of piperidine rings is 1. The first-order chi connectivity index (χ1) is 16.6. The van der Waals surface area contributed by atoms with Gasteiger partial charge in [0, 0.05) is 69.8 Å². The smallest absolute Gasteiger partial charge is 0.302 e. The summed E-state index contributed by atoms with van der Waals surface area (Å²) in [6.07, 6.45) is -0.207. The van der Waals surface area contributed by atoms with Crippen LogP contribution in [0.5, 0.6) is 0 Å². The lowest BCUT2D eigenvalue weighted by molar-refractivity contribution is -0.324. The third kappa shape index (κ3) is 2.43. The summed E-state index contributed by atoms with van der Waals surface area (Å²) in [5, 5.41) is 37.2. The van der Waals surface area contributed by atoms with Crippen molar-refractivity contribution in [2.45, 2.75) is 81.2 Å². The van der Waals surface area contributed by atoms with Gasteiger partial charge in [0.1, 0.15) is 17.3 Å². The fourth-order valence-electron chi connectivity index (χ4n) is 11.1. The number of methoxy groups -OCH3 is 3. The van der Waals surface area contributed by atoms with Gasteiger partial charge < -0.3 is 34.3 Å². The first-order valence-corrected chi connectivity index (χ1v) is 13.2. The fourth-order valence-corrected chi connectivity index (χ4v) is 11.1. The van der Waals surface area contributed by atoms with Crippen molar-refractivity contribution in [2.24, 2.45) is 34.5 Å². The Morgan fingerprint density at radius 1 is 1.20 bits per heavy atom. The van der Waals surface area contributed by atoms with Crippen molar-refractivity contribution in [2.75, 3.05) is 41.0 Å².